The maximum atomic E-state index is 12.8. The average Bonchev–Trinajstić information content (AvgIpc) is 2.08. The highest BCUT2D eigenvalue weighted by molar-refractivity contribution is 5.67. The van der Waals surface area contributed by atoms with E-state index in [9.17, 15) is 9.18 Å². The number of aryl methyl sites for hydroxylation is 1. The Morgan fingerprint density at radius 2 is 2.36 bits per heavy atom. The molecule has 0 saturated heterocycles. The van der Waals surface area contributed by atoms with Gasteiger partial charge in [0.1, 0.15) is 5.82 Å². The molecule has 1 aromatic heterocycles. The zero-order chi connectivity index (χ0) is 10.7. The zero-order valence-electron chi connectivity index (χ0n) is 7.70. The molecular formula is C9H11FN2O2. The number of aromatic nitrogens is 1. The number of nitrogens with zero attached hydrogens (tertiary/aromatic N) is 1. The molecule has 5 heteroatoms. The molecule has 0 aliphatic heterocycles. The van der Waals surface area contributed by atoms with Gasteiger partial charge in [0.05, 0.1) is 23.9 Å². The molecule has 1 heterocycles. The summed E-state index contributed by atoms with van der Waals surface area (Å²) in [6, 6.07) is 1.95. The van der Waals surface area contributed by atoms with Gasteiger partial charge >= 0.3 is 5.97 Å². The zero-order valence-corrected chi connectivity index (χ0v) is 7.70. The summed E-state index contributed by atoms with van der Waals surface area (Å²) >= 11 is 0. The molecule has 0 aliphatic rings. The summed E-state index contributed by atoms with van der Waals surface area (Å²) in [6.45, 7) is 1.51. The van der Waals surface area contributed by atoms with E-state index in [0.717, 1.165) is 0 Å². The maximum absolute atomic E-state index is 12.8. The number of aliphatic carboxylic acids is 1. The van der Waals surface area contributed by atoms with Gasteiger partial charge in [0, 0.05) is 0 Å². The molecule has 4 nitrogen and oxygen atoms in total. The number of halogens is 1. The SMILES string of the molecule is Cc1nc(C(N)CC(=O)O)ccc1F. The normalized spacial score (nSPS) is 12.5. The van der Waals surface area contributed by atoms with Crippen molar-refractivity contribution < 1.29 is 14.3 Å². The molecule has 0 aliphatic carbocycles. The van der Waals surface area contributed by atoms with Crippen LogP contribution in [0.25, 0.3) is 0 Å². The van der Waals surface area contributed by atoms with Gasteiger partial charge in [-0.1, -0.05) is 0 Å². The second-order valence-corrected chi connectivity index (χ2v) is 3.01. The Bertz CT molecular complexity index is 355. The lowest BCUT2D eigenvalue weighted by molar-refractivity contribution is -0.137. The van der Waals surface area contributed by atoms with Gasteiger partial charge in [-0.15, -0.1) is 0 Å². The molecule has 0 saturated carbocycles. The van der Waals surface area contributed by atoms with Gasteiger partial charge in [0.25, 0.3) is 0 Å². The van der Waals surface area contributed by atoms with Gasteiger partial charge in [-0.3, -0.25) is 9.78 Å². The third-order valence-corrected chi connectivity index (χ3v) is 1.82. The molecule has 0 aromatic carbocycles. The number of nitrogens with two attached hydrogens (primary N) is 1. The smallest absolute Gasteiger partial charge is 0.305 e. The Morgan fingerprint density at radius 3 is 2.86 bits per heavy atom. The van der Waals surface area contributed by atoms with Crippen LogP contribution < -0.4 is 5.73 Å². The first kappa shape index (κ1) is 10.6. The molecular weight excluding hydrogens is 187 g/mol. The summed E-state index contributed by atoms with van der Waals surface area (Å²) in [6.07, 6.45) is -0.210. The van der Waals surface area contributed by atoms with Gasteiger partial charge in [-0.05, 0) is 19.1 Å². The van der Waals surface area contributed by atoms with Crippen molar-refractivity contribution in [3.63, 3.8) is 0 Å². The van der Waals surface area contributed by atoms with E-state index in [1.165, 1.54) is 19.1 Å². The van der Waals surface area contributed by atoms with Gasteiger partial charge in [-0.25, -0.2) is 4.39 Å². The van der Waals surface area contributed by atoms with Gasteiger partial charge in [0.2, 0.25) is 0 Å². The minimum absolute atomic E-state index is 0.210. The van der Waals surface area contributed by atoms with E-state index in [4.69, 9.17) is 10.8 Å². The van der Waals surface area contributed by atoms with E-state index >= 15 is 0 Å². The summed E-state index contributed by atoms with van der Waals surface area (Å²) < 4.78 is 12.8. The van der Waals surface area contributed by atoms with Crippen molar-refractivity contribution in [3.8, 4) is 0 Å². The minimum atomic E-state index is -0.999. The van der Waals surface area contributed by atoms with E-state index < -0.39 is 17.8 Å². The second-order valence-electron chi connectivity index (χ2n) is 3.01. The predicted molar refractivity (Wildman–Crippen MR) is 48.1 cm³/mol. The van der Waals surface area contributed by atoms with Crippen LogP contribution in [-0.2, 0) is 4.79 Å². The topological polar surface area (TPSA) is 76.2 Å². The first-order valence-electron chi connectivity index (χ1n) is 4.11. The van der Waals surface area contributed by atoms with Gasteiger partial charge < -0.3 is 10.8 Å². The molecule has 0 bridgehead atoms. The highest BCUT2D eigenvalue weighted by Gasteiger charge is 2.12. The van der Waals surface area contributed by atoms with Crippen LogP contribution in [0.3, 0.4) is 0 Å². The van der Waals surface area contributed by atoms with Crippen molar-refractivity contribution in [2.45, 2.75) is 19.4 Å². The molecule has 1 atom stereocenters. The number of hydrogen-bond acceptors (Lipinski definition) is 3. The molecule has 14 heavy (non-hydrogen) atoms. The number of hydrogen-bond donors (Lipinski definition) is 2. The van der Waals surface area contributed by atoms with Crippen LogP contribution in [0.2, 0.25) is 0 Å². The maximum Gasteiger partial charge on any atom is 0.305 e. The molecule has 1 unspecified atom stereocenters. The summed E-state index contributed by atoms with van der Waals surface area (Å²) in [5, 5.41) is 8.49. The largest absolute Gasteiger partial charge is 0.481 e. The van der Waals surface area contributed by atoms with E-state index in [1.807, 2.05) is 0 Å². The van der Waals surface area contributed by atoms with Crippen LogP contribution in [0.4, 0.5) is 4.39 Å². The fraction of sp³-hybridized carbons (Fsp3) is 0.333. The predicted octanol–water partition coefficient (Wildman–Crippen LogP) is 1.00. The second kappa shape index (κ2) is 4.15. The van der Waals surface area contributed by atoms with Crippen LogP contribution in [0, 0.1) is 12.7 Å². The standard InChI is InChI=1S/C9H11FN2O2/c1-5-6(10)2-3-8(12-5)7(11)4-9(13)14/h2-3,7H,4,11H2,1H3,(H,13,14). The lowest BCUT2D eigenvalue weighted by Crippen LogP contribution is -2.16. The average molecular weight is 198 g/mol. The fourth-order valence-corrected chi connectivity index (χ4v) is 1.06. The molecule has 1 rings (SSSR count). The van der Waals surface area contributed by atoms with Crippen LogP contribution in [-0.4, -0.2) is 16.1 Å². The Labute approximate surface area is 80.6 Å². The Kier molecular flexibility index (Phi) is 3.14. The van der Waals surface area contributed by atoms with E-state index in [2.05, 4.69) is 4.98 Å². The Balaban J connectivity index is 2.85. The number of rotatable bonds is 3. The van der Waals surface area contributed by atoms with Crippen LogP contribution >= 0.6 is 0 Å². The summed E-state index contributed by atoms with van der Waals surface area (Å²) in [7, 11) is 0. The Morgan fingerprint density at radius 1 is 1.71 bits per heavy atom. The summed E-state index contributed by atoms with van der Waals surface area (Å²) in [5.41, 5.74) is 6.17. The first-order valence-corrected chi connectivity index (χ1v) is 4.11. The lowest BCUT2D eigenvalue weighted by Gasteiger charge is -2.08. The van der Waals surface area contributed by atoms with Crippen LogP contribution in [0.5, 0.6) is 0 Å². The first-order chi connectivity index (χ1) is 6.50. The van der Waals surface area contributed by atoms with Crippen molar-refractivity contribution in [1.82, 2.24) is 4.98 Å². The molecule has 76 valence electrons. The molecule has 0 amide bonds. The molecule has 0 fully saturated rings. The summed E-state index contributed by atoms with van der Waals surface area (Å²) in [4.78, 5) is 14.2. The van der Waals surface area contributed by atoms with Crippen molar-refractivity contribution in [2.75, 3.05) is 0 Å². The highest BCUT2D eigenvalue weighted by atomic mass is 19.1. The number of carbonyl (C=O) groups is 1. The third kappa shape index (κ3) is 2.50. The third-order valence-electron chi connectivity index (χ3n) is 1.82. The molecule has 1 aromatic rings. The fourth-order valence-electron chi connectivity index (χ4n) is 1.06. The van der Waals surface area contributed by atoms with Crippen molar-refractivity contribution in [1.29, 1.82) is 0 Å². The molecule has 3 N–H and O–H groups in total. The monoisotopic (exact) mass is 198 g/mol. The van der Waals surface area contributed by atoms with Crippen LogP contribution in [0.1, 0.15) is 23.9 Å². The van der Waals surface area contributed by atoms with E-state index in [-0.39, 0.29) is 12.1 Å². The quantitative estimate of drug-likeness (QED) is 0.759. The van der Waals surface area contributed by atoms with E-state index in [0.29, 0.717) is 5.69 Å². The minimum Gasteiger partial charge on any atom is -0.481 e. The number of pyridine rings is 1. The highest BCUT2D eigenvalue weighted by Crippen LogP contribution is 2.13. The van der Waals surface area contributed by atoms with Crippen LogP contribution in [0.15, 0.2) is 12.1 Å². The molecule has 0 radical (unpaired) electrons. The van der Waals surface area contributed by atoms with Crippen molar-refractivity contribution in [2.24, 2.45) is 5.73 Å². The number of carboxylic acids is 1. The lowest BCUT2D eigenvalue weighted by atomic mass is 10.1. The Hall–Kier alpha value is -1.49. The van der Waals surface area contributed by atoms with Gasteiger partial charge in [-0.2, -0.15) is 0 Å². The van der Waals surface area contributed by atoms with Crippen molar-refractivity contribution in [3.05, 3.63) is 29.3 Å². The number of carboxylic acid groups (broad SMARTS) is 1. The summed E-state index contributed by atoms with van der Waals surface area (Å²) in [5.74, 6) is -1.42. The van der Waals surface area contributed by atoms with Crippen molar-refractivity contribution >= 4 is 5.97 Å². The molecule has 0 spiro atoms. The van der Waals surface area contributed by atoms with E-state index in [1.54, 1.807) is 0 Å². The van der Waals surface area contributed by atoms with Gasteiger partial charge in [0.15, 0.2) is 0 Å².